The highest BCUT2D eigenvalue weighted by Crippen LogP contribution is 2.38. The van der Waals surface area contributed by atoms with Crippen molar-refractivity contribution in [2.75, 3.05) is 5.75 Å². The Morgan fingerprint density at radius 1 is 1.29 bits per heavy atom. The minimum atomic E-state index is 0.0256. The number of nitrogens with zero attached hydrogens (tertiary/aromatic N) is 2. The Bertz CT molecular complexity index is 815. The van der Waals surface area contributed by atoms with Crippen molar-refractivity contribution in [3.63, 3.8) is 0 Å². The van der Waals surface area contributed by atoms with Gasteiger partial charge in [0.15, 0.2) is 5.16 Å². The van der Waals surface area contributed by atoms with E-state index in [1.165, 1.54) is 18.2 Å². The summed E-state index contributed by atoms with van der Waals surface area (Å²) < 4.78 is 1.87. The van der Waals surface area contributed by atoms with E-state index in [1.54, 1.807) is 6.92 Å². The molecule has 1 saturated carbocycles. The quantitative estimate of drug-likeness (QED) is 0.619. The Kier molecular flexibility index (Phi) is 5.09. The molecule has 1 aromatic heterocycles. The van der Waals surface area contributed by atoms with Gasteiger partial charge in [-0.05, 0) is 37.3 Å². The Morgan fingerprint density at radius 2 is 2.04 bits per heavy atom. The lowest BCUT2D eigenvalue weighted by molar-refractivity contribution is -0.114. The van der Waals surface area contributed by atoms with Gasteiger partial charge in [-0.15, -0.1) is 0 Å². The number of fused-ring (bicyclic) bond motifs is 1. The fourth-order valence-electron chi connectivity index (χ4n) is 3.60. The molecule has 1 heterocycles. The van der Waals surface area contributed by atoms with Crippen LogP contribution in [0.5, 0.6) is 0 Å². The zero-order valence-electron chi connectivity index (χ0n) is 14.5. The number of thioether (sulfide) groups is 1. The van der Waals surface area contributed by atoms with Gasteiger partial charge < -0.3 is 0 Å². The van der Waals surface area contributed by atoms with Crippen molar-refractivity contribution in [2.45, 2.75) is 51.2 Å². The van der Waals surface area contributed by atoms with Crippen molar-refractivity contribution in [1.29, 1.82) is 0 Å². The standard InChI is InChI=1S/C19H24N2O2S/c1-12-7-6-10-17(14(12)3)21-18(23)15-8-4-5-9-16(15)20-19(21)24-11-13(2)22/h4-5,8-9,12,14,17H,6-7,10-11H2,1-3H3. The van der Waals surface area contributed by atoms with Crippen molar-refractivity contribution in [2.24, 2.45) is 11.8 Å². The number of carbonyl (C=O) groups excluding carboxylic acids is 1. The summed E-state index contributed by atoms with van der Waals surface area (Å²) in [4.78, 5) is 29.3. The first-order valence-corrected chi connectivity index (χ1v) is 9.61. The van der Waals surface area contributed by atoms with Crippen LogP contribution in [-0.4, -0.2) is 21.1 Å². The number of rotatable bonds is 4. The predicted octanol–water partition coefficient (Wildman–Crippen LogP) is 4.07. The van der Waals surface area contributed by atoms with E-state index >= 15 is 0 Å². The highest BCUT2D eigenvalue weighted by atomic mass is 32.2. The molecule has 0 N–H and O–H groups in total. The van der Waals surface area contributed by atoms with Crippen LogP contribution >= 0.6 is 11.8 Å². The molecule has 24 heavy (non-hydrogen) atoms. The minimum absolute atomic E-state index is 0.0256. The Balaban J connectivity index is 2.15. The molecule has 0 radical (unpaired) electrons. The average Bonchev–Trinajstić information content (AvgIpc) is 2.56. The van der Waals surface area contributed by atoms with Crippen molar-refractivity contribution in [1.82, 2.24) is 9.55 Å². The lowest BCUT2D eigenvalue weighted by atomic mass is 9.78. The predicted molar refractivity (Wildman–Crippen MR) is 98.6 cm³/mol. The van der Waals surface area contributed by atoms with Gasteiger partial charge in [0.2, 0.25) is 0 Å². The van der Waals surface area contributed by atoms with E-state index < -0.39 is 0 Å². The molecule has 0 saturated heterocycles. The van der Waals surface area contributed by atoms with Crippen LogP contribution in [-0.2, 0) is 4.79 Å². The molecule has 5 heteroatoms. The summed E-state index contributed by atoms with van der Waals surface area (Å²) >= 11 is 1.38. The number of hydrogen-bond acceptors (Lipinski definition) is 4. The molecule has 128 valence electrons. The van der Waals surface area contributed by atoms with Crippen molar-refractivity contribution >= 4 is 28.4 Å². The molecule has 1 aliphatic carbocycles. The van der Waals surface area contributed by atoms with Crippen LogP contribution in [0.25, 0.3) is 10.9 Å². The van der Waals surface area contributed by atoms with Crippen molar-refractivity contribution < 1.29 is 4.79 Å². The average molecular weight is 344 g/mol. The van der Waals surface area contributed by atoms with E-state index in [9.17, 15) is 9.59 Å². The summed E-state index contributed by atoms with van der Waals surface area (Å²) in [5.41, 5.74) is 0.735. The maximum Gasteiger partial charge on any atom is 0.262 e. The molecular weight excluding hydrogens is 320 g/mol. The molecule has 1 aliphatic rings. The lowest BCUT2D eigenvalue weighted by Crippen LogP contribution is -2.35. The minimum Gasteiger partial charge on any atom is -0.299 e. The molecule has 0 amide bonds. The highest BCUT2D eigenvalue weighted by Gasteiger charge is 2.31. The third-order valence-corrected chi connectivity index (χ3v) is 6.27. The van der Waals surface area contributed by atoms with E-state index in [0.717, 1.165) is 12.8 Å². The third kappa shape index (κ3) is 3.27. The first-order valence-electron chi connectivity index (χ1n) is 8.62. The largest absolute Gasteiger partial charge is 0.299 e. The van der Waals surface area contributed by atoms with Crippen LogP contribution in [0.4, 0.5) is 0 Å². The Labute approximate surface area is 146 Å². The lowest BCUT2D eigenvalue weighted by Gasteiger charge is -2.36. The van der Waals surface area contributed by atoms with E-state index in [1.807, 2.05) is 28.8 Å². The second kappa shape index (κ2) is 7.09. The number of aromatic nitrogens is 2. The van der Waals surface area contributed by atoms with Crippen LogP contribution in [0.3, 0.4) is 0 Å². The third-order valence-electron chi connectivity index (χ3n) is 5.18. The summed E-state index contributed by atoms with van der Waals surface area (Å²) in [6.07, 6.45) is 3.34. The summed E-state index contributed by atoms with van der Waals surface area (Å²) in [6, 6.07) is 7.64. The topological polar surface area (TPSA) is 52.0 Å². The number of Topliss-reactive ketones (excluding diaryl/α,β-unsaturated/α-hetero) is 1. The number of benzene rings is 1. The van der Waals surface area contributed by atoms with Crippen molar-refractivity contribution in [3.8, 4) is 0 Å². The van der Waals surface area contributed by atoms with Crippen LogP contribution in [0, 0.1) is 11.8 Å². The first kappa shape index (κ1) is 17.2. The van der Waals surface area contributed by atoms with Crippen molar-refractivity contribution in [3.05, 3.63) is 34.6 Å². The molecule has 2 aromatic rings. The van der Waals surface area contributed by atoms with Gasteiger partial charge in [-0.2, -0.15) is 0 Å². The van der Waals surface area contributed by atoms with Gasteiger partial charge in [0, 0.05) is 6.04 Å². The summed E-state index contributed by atoms with van der Waals surface area (Å²) in [5, 5.41) is 1.34. The zero-order valence-corrected chi connectivity index (χ0v) is 15.3. The van der Waals surface area contributed by atoms with Gasteiger partial charge in [-0.1, -0.05) is 50.6 Å². The maximum atomic E-state index is 13.2. The second-order valence-electron chi connectivity index (χ2n) is 6.91. The van der Waals surface area contributed by atoms with Crippen LogP contribution < -0.4 is 5.56 Å². The summed E-state index contributed by atoms with van der Waals surface area (Å²) in [5.74, 6) is 1.46. The SMILES string of the molecule is CC(=O)CSc1nc2ccccc2c(=O)n1C1CCCC(C)C1C. The molecule has 1 fully saturated rings. The number of ketones is 1. The molecule has 1 aromatic carbocycles. The summed E-state index contributed by atoms with van der Waals surface area (Å²) in [6.45, 7) is 6.07. The summed E-state index contributed by atoms with van der Waals surface area (Å²) in [7, 11) is 0. The molecule has 3 unspecified atom stereocenters. The van der Waals surface area contributed by atoms with Gasteiger partial charge in [-0.25, -0.2) is 4.98 Å². The Hall–Kier alpha value is -1.62. The van der Waals surface area contributed by atoms with E-state index in [-0.39, 0.29) is 17.4 Å². The van der Waals surface area contributed by atoms with Gasteiger partial charge >= 0.3 is 0 Å². The van der Waals surface area contributed by atoms with Gasteiger partial charge in [0.1, 0.15) is 5.78 Å². The highest BCUT2D eigenvalue weighted by molar-refractivity contribution is 7.99. The van der Waals surface area contributed by atoms with E-state index in [0.29, 0.717) is 33.6 Å². The van der Waals surface area contributed by atoms with E-state index in [2.05, 4.69) is 13.8 Å². The van der Waals surface area contributed by atoms with Gasteiger partial charge in [0.25, 0.3) is 5.56 Å². The molecule has 3 rings (SSSR count). The molecule has 4 nitrogen and oxygen atoms in total. The normalized spacial score (nSPS) is 24.2. The fourth-order valence-corrected chi connectivity index (χ4v) is 4.46. The smallest absolute Gasteiger partial charge is 0.262 e. The molecular formula is C19H24N2O2S. The molecule has 0 spiro atoms. The van der Waals surface area contributed by atoms with Gasteiger partial charge in [0.05, 0.1) is 16.7 Å². The number of carbonyl (C=O) groups is 1. The fraction of sp³-hybridized carbons (Fsp3) is 0.526. The van der Waals surface area contributed by atoms with E-state index in [4.69, 9.17) is 4.98 Å². The zero-order chi connectivity index (χ0) is 17.3. The monoisotopic (exact) mass is 344 g/mol. The maximum absolute atomic E-state index is 13.2. The van der Waals surface area contributed by atoms with Crippen LogP contribution in [0.15, 0.2) is 34.2 Å². The van der Waals surface area contributed by atoms with Crippen LogP contribution in [0.1, 0.15) is 46.1 Å². The molecule has 3 atom stereocenters. The van der Waals surface area contributed by atoms with Crippen LogP contribution in [0.2, 0.25) is 0 Å². The number of para-hydroxylation sites is 1. The first-order chi connectivity index (χ1) is 11.5. The molecule has 0 bridgehead atoms. The second-order valence-corrected chi connectivity index (χ2v) is 7.85. The number of hydrogen-bond donors (Lipinski definition) is 0. The molecule has 0 aliphatic heterocycles. The van der Waals surface area contributed by atoms with Gasteiger partial charge in [-0.3, -0.25) is 14.2 Å². The Morgan fingerprint density at radius 3 is 2.79 bits per heavy atom.